The molecule has 3 rings (SSSR count). The topological polar surface area (TPSA) is 72.9 Å². The molecule has 9 heteroatoms. The van der Waals surface area contributed by atoms with E-state index in [0.717, 1.165) is 4.90 Å². The van der Waals surface area contributed by atoms with E-state index in [0.29, 0.717) is 0 Å². The van der Waals surface area contributed by atoms with Crippen LogP contribution in [0.5, 0.6) is 0 Å². The molecule has 6 nitrogen and oxygen atoms in total. The number of ketones is 1. The molecule has 1 aromatic rings. The van der Waals surface area contributed by atoms with Gasteiger partial charge >= 0.3 is 7.60 Å². The van der Waals surface area contributed by atoms with E-state index in [-0.39, 0.29) is 34.5 Å². The van der Waals surface area contributed by atoms with Gasteiger partial charge in [0.2, 0.25) is 5.78 Å². The highest BCUT2D eigenvalue weighted by Gasteiger charge is 2.72. The van der Waals surface area contributed by atoms with Crippen LogP contribution in [0.2, 0.25) is 0 Å². The van der Waals surface area contributed by atoms with Crippen molar-refractivity contribution in [2.75, 3.05) is 18.1 Å². The van der Waals surface area contributed by atoms with Gasteiger partial charge in [0.15, 0.2) is 0 Å². The molecule has 2 aliphatic heterocycles. The molecule has 0 unspecified atom stereocenters. The lowest BCUT2D eigenvalue weighted by atomic mass is 10.1. The first-order chi connectivity index (χ1) is 11.4. The zero-order valence-corrected chi connectivity index (χ0v) is 15.3. The highest BCUT2D eigenvalue weighted by atomic mass is 35.5. The number of amides is 1. The monoisotopic (exact) mass is 389 g/mol. The maximum atomic E-state index is 13.6. The van der Waals surface area contributed by atoms with Crippen LogP contribution in [0.4, 0.5) is 5.69 Å². The second-order valence-electron chi connectivity index (χ2n) is 5.12. The van der Waals surface area contributed by atoms with Crippen LogP contribution in [0.1, 0.15) is 24.2 Å². The number of fused-ring (bicyclic) bond motifs is 3. The van der Waals surface area contributed by atoms with Crippen molar-refractivity contribution in [3.8, 4) is 0 Å². The molecule has 0 spiro atoms. The highest BCUT2D eigenvalue weighted by Crippen LogP contribution is 2.71. The van der Waals surface area contributed by atoms with Crippen LogP contribution < -0.4 is 4.90 Å². The number of carbonyl (C=O) groups is 2. The van der Waals surface area contributed by atoms with Crippen molar-refractivity contribution in [2.24, 2.45) is 0 Å². The Labute approximate surface area is 148 Å². The first-order valence-electron chi connectivity index (χ1n) is 7.30. The molecule has 0 aromatic heterocycles. The fourth-order valence-electron chi connectivity index (χ4n) is 3.05. The van der Waals surface area contributed by atoms with Gasteiger partial charge in [0.05, 0.1) is 23.9 Å². The maximum absolute atomic E-state index is 13.6. The lowest BCUT2D eigenvalue weighted by molar-refractivity contribution is -0.114. The Morgan fingerprint density at radius 2 is 1.71 bits per heavy atom. The Morgan fingerprint density at radius 3 is 2.29 bits per heavy atom. The van der Waals surface area contributed by atoms with Crippen molar-refractivity contribution in [3.63, 3.8) is 0 Å². The number of hydrogen-bond acceptors (Lipinski definition) is 5. The van der Waals surface area contributed by atoms with Crippen LogP contribution in [0.25, 0.3) is 0 Å². The molecule has 0 bridgehead atoms. The van der Waals surface area contributed by atoms with Crippen molar-refractivity contribution in [3.05, 3.63) is 39.9 Å². The van der Waals surface area contributed by atoms with E-state index >= 15 is 0 Å². The van der Waals surface area contributed by atoms with Gasteiger partial charge in [-0.3, -0.25) is 19.1 Å². The second kappa shape index (κ2) is 5.97. The van der Waals surface area contributed by atoms with Gasteiger partial charge in [-0.1, -0.05) is 35.3 Å². The lowest BCUT2D eigenvalue weighted by Gasteiger charge is -2.36. The number of carbonyl (C=O) groups excluding carboxylic acids is 2. The fraction of sp³-hybridized carbons (Fsp3) is 0.333. The van der Waals surface area contributed by atoms with Crippen molar-refractivity contribution < 1.29 is 23.2 Å². The Kier molecular flexibility index (Phi) is 4.39. The standard InChI is InChI=1S/C15H14Cl2NO5P/c1-3-22-24(21,23-4-2)15-12(17)11(16)14(20)18(15)10-8-6-5-7-9(10)13(15)19/h5-8H,3-4H2,1-2H3/t15-/m0/s1. The quantitative estimate of drug-likeness (QED) is 0.714. The molecular formula is C15H14Cl2NO5P. The predicted octanol–water partition coefficient (Wildman–Crippen LogP) is 3.88. The van der Waals surface area contributed by atoms with Crippen LogP contribution in [0.15, 0.2) is 34.3 Å². The molecule has 0 saturated carbocycles. The number of Topliss-reactive ketones (excluding diaryl/α,β-unsaturated/α-hetero) is 1. The number of nitrogens with zero attached hydrogens (tertiary/aromatic N) is 1. The molecule has 0 N–H and O–H groups in total. The van der Waals surface area contributed by atoms with Gasteiger partial charge in [0.25, 0.3) is 11.2 Å². The van der Waals surface area contributed by atoms with Crippen LogP contribution in [0.3, 0.4) is 0 Å². The highest BCUT2D eigenvalue weighted by molar-refractivity contribution is 7.58. The summed E-state index contributed by atoms with van der Waals surface area (Å²) in [5, 5.41) is -2.79. The van der Waals surface area contributed by atoms with E-state index in [1.165, 1.54) is 6.07 Å². The van der Waals surface area contributed by atoms with Crippen molar-refractivity contribution >= 4 is 48.2 Å². The van der Waals surface area contributed by atoms with E-state index in [9.17, 15) is 14.2 Å². The minimum atomic E-state index is -4.18. The number of para-hydroxylation sites is 1. The Hall–Kier alpha value is -1.17. The van der Waals surface area contributed by atoms with Crippen LogP contribution in [0, 0.1) is 0 Å². The van der Waals surface area contributed by atoms with Crippen molar-refractivity contribution in [1.29, 1.82) is 0 Å². The fourth-order valence-corrected chi connectivity index (χ4v) is 6.20. The molecule has 0 saturated heterocycles. The van der Waals surface area contributed by atoms with Crippen LogP contribution >= 0.6 is 30.8 Å². The molecule has 0 fully saturated rings. The third-order valence-corrected chi connectivity index (χ3v) is 7.57. The number of benzene rings is 1. The Balaban J connectivity index is 2.36. The maximum Gasteiger partial charge on any atom is 0.370 e. The van der Waals surface area contributed by atoms with E-state index in [1.54, 1.807) is 32.0 Å². The zero-order valence-electron chi connectivity index (χ0n) is 12.9. The molecular weight excluding hydrogens is 376 g/mol. The van der Waals surface area contributed by atoms with E-state index in [4.69, 9.17) is 32.2 Å². The third kappa shape index (κ3) is 1.95. The second-order valence-corrected chi connectivity index (χ2v) is 8.03. The predicted molar refractivity (Wildman–Crippen MR) is 90.6 cm³/mol. The summed E-state index contributed by atoms with van der Waals surface area (Å²) in [4.78, 5) is 26.9. The number of hydrogen-bond donors (Lipinski definition) is 0. The number of rotatable bonds is 5. The van der Waals surface area contributed by atoms with E-state index in [2.05, 4.69) is 0 Å². The van der Waals surface area contributed by atoms with Gasteiger partial charge in [0.1, 0.15) is 5.03 Å². The summed E-state index contributed by atoms with van der Waals surface area (Å²) in [5.41, 5.74) is 0.494. The summed E-state index contributed by atoms with van der Waals surface area (Å²) in [7, 11) is -4.18. The SMILES string of the molecule is CCOP(=O)(OCC)[C@@]12C(=O)c3ccccc3N1C(=O)C(Cl)=C2Cl. The Morgan fingerprint density at radius 1 is 1.12 bits per heavy atom. The molecule has 0 radical (unpaired) electrons. The van der Waals surface area contributed by atoms with Gasteiger partial charge < -0.3 is 9.05 Å². The largest absolute Gasteiger partial charge is 0.370 e. The van der Waals surface area contributed by atoms with E-state index < -0.39 is 24.6 Å². The third-order valence-electron chi connectivity index (χ3n) is 3.91. The summed E-state index contributed by atoms with van der Waals surface area (Å²) < 4.78 is 24.3. The van der Waals surface area contributed by atoms with Gasteiger partial charge in [-0.15, -0.1) is 0 Å². The van der Waals surface area contributed by atoms with Crippen molar-refractivity contribution in [2.45, 2.75) is 19.1 Å². The molecule has 128 valence electrons. The normalized spacial score (nSPS) is 23.1. The van der Waals surface area contributed by atoms with Gasteiger partial charge in [0, 0.05) is 5.56 Å². The molecule has 1 atom stereocenters. The number of anilines is 1. The number of halogens is 2. The summed E-state index contributed by atoms with van der Waals surface area (Å²) >= 11 is 12.3. The van der Waals surface area contributed by atoms with Crippen LogP contribution in [-0.2, 0) is 18.4 Å². The lowest BCUT2D eigenvalue weighted by Crippen LogP contribution is -2.49. The molecule has 2 heterocycles. The molecule has 24 heavy (non-hydrogen) atoms. The first kappa shape index (κ1) is 17.6. The summed E-state index contributed by atoms with van der Waals surface area (Å²) in [6, 6.07) is 6.39. The summed E-state index contributed by atoms with van der Waals surface area (Å²) in [5.74, 6) is -1.34. The molecule has 1 aromatic carbocycles. The average molecular weight is 390 g/mol. The first-order valence-corrected chi connectivity index (χ1v) is 9.60. The minimum absolute atomic E-state index is 0.00642. The van der Waals surface area contributed by atoms with Crippen molar-refractivity contribution in [1.82, 2.24) is 0 Å². The Bertz CT molecular complexity index is 814. The van der Waals surface area contributed by atoms with Crippen LogP contribution in [-0.4, -0.2) is 30.2 Å². The minimum Gasteiger partial charge on any atom is -0.307 e. The summed E-state index contributed by atoms with van der Waals surface area (Å²) in [6.07, 6.45) is 0. The molecule has 2 aliphatic rings. The molecule has 0 aliphatic carbocycles. The average Bonchev–Trinajstić information content (AvgIpc) is 2.94. The summed E-state index contributed by atoms with van der Waals surface area (Å²) in [6.45, 7) is 3.23. The van der Waals surface area contributed by atoms with Gasteiger partial charge in [-0.25, -0.2) is 0 Å². The smallest absolute Gasteiger partial charge is 0.307 e. The van der Waals surface area contributed by atoms with Gasteiger partial charge in [-0.2, -0.15) is 0 Å². The van der Waals surface area contributed by atoms with E-state index in [1.807, 2.05) is 0 Å². The zero-order chi connectivity index (χ0) is 17.7. The molecule has 1 amide bonds. The van der Waals surface area contributed by atoms with Gasteiger partial charge in [-0.05, 0) is 26.0 Å².